The Balaban J connectivity index is 1.97. The Kier molecular flexibility index (Phi) is 5.32. The first-order valence-electron chi connectivity index (χ1n) is 7.34. The first-order valence-corrected chi connectivity index (χ1v) is 8.13. The van der Waals surface area contributed by atoms with Crippen molar-refractivity contribution in [2.24, 2.45) is 0 Å². The smallest absolute Gasteiger partial charge is 0.410 e. The summed E-state index contributed by atoms with van der Waals surface area (Å²) in [5.41, 5.74) is -0.525. The third kappa shape index (κ3) is 4.87. The highest BCUT2D eigenvalue weighted by molar-refractivity contribution is 9.10. The summed E-state index contributed by atoms with van der Waals surface area (Å²) in [6.45, 7) is 6.54. The van der Waals surface area contributed by atoms with Crippen molar-refractivity contribution in [1.82, 2.24) is 4.90 Å². The SMILES string of the molecule is CC(C)(C)OC(=O)N1CCC[C@H](Oc2ccc(Br)cc2F)C1. The zero-order valence-electron chi connectivity index (χ0n) is 13.1. The maximum absolute atomic E-state index is 13.8. The third-order valence-corrected chi connectivity index (χ3v) is 3.71. The fourth-order valence-electron chi connectivity index (χ4n) is 2.28. The Morgan fingerprint density at radius 1 is 1.41 bits per heavy atom. The minimum Gasteiger partial charge on any atom is -0.486 e. The van der Waals surface area contributed by atoms with Gasteiger partial charge in [0.25, 0.3) is 0 Å². The maximum atomic E-state index is 13.8. The van der Waals surface area contributed by atoms with Crippen molar-refractivity contribution in [2.45, 2.75) is 45.3 Å². The van der Waals surface area contributed by atoms with Crippen LogP contribution in [0.25, 0.3) is 0 Å². The molecule has 1 heterocycles. The summed E-state index contributed by atoms with van der Waals surface area (Å²) in [4.78, 5) is 13.7. The highest BCUT2D eigenvalue weighted by Crippen LogP contribution is 2.25. The number of nitrogens with zero attached hydrogens (tertiary/aromatic N) is 1. The summed E-state index contributed by atoms with van der Waals surface area (Å²) in [5.74, 6) is -0.206. The van der Waals surface area contributed by atoms with E-state index in [2.05, 4.69) is 15.9 Å². The molecular weight excluding hydrogens is 353 g/mol. The molecule has 1 aliphatic rings. The topological polar surface area (TPSA) is 38.8 Å². The average Bonchev–Trinajstić information content (AvgIpc) is 2.40. The number of rotatable bonds is 2. The van der Waals surface area contributed by atoms with Crippen LogP contribution in [0.15, 0.2) is 22.7 Å². The molecular formula is C16H21BrFNO3. The zero-order valence-corrected chi connectivity index (χ0v) is 14.7. The van der Waals surface area contributed by atoms with Gasteiger partial charge in [-0.1, -0.05) is 15.9 Å². The summed E-state index contributed by atoms with van der Waals surface area (Å²) in [7, 11) is 0. The lowest BCUT2D eigenvalue weighted by Gasteiger charge is -2.34. The van der Waals surface area contributed by atoms with Crippen LogP contribution in [0, 0.1) is 5.82 Å². The predicted molar refractivity (Wildman–Crippen MR) is 85.6 cm³/mol. The van der Waals surface area contributed by atoms with Gasteiger partial charge in [-0.05, 0) is 51.8 Å². The van der Waals surface area contributed by atoms with E-state index in [-0.39, 0.29) is 17.9 Å². The fourth-order valence-corrected chi connectivity index (χ4v) is 2.61. The van der Waals surface area contributed by atoms with Gasteiger partial charge in [0.15, 0.2) is 11.6 Å². The molecule has 0 aliphatic carbocycles. The summed E-state index contributed by atoms with van der Waals surface area (Å²) < 4.78 is 25.6. The van der Waals surface area contributed by atoms with Crippen molar-refractivity contribution >= 4 is 22.0 Å². The van der Waals surface area contributed by atoms with Crippen molar-refractivity contribution < 1.29 is 18.7 Å². The van der Waals surface area contributed by atoms with Gasteiger partial charge in [-0.15, -0.1) is 0 Å². The minimum absolute atomic E-state index is 0.208. The van der Waals surface area contributed by atoms with E-state index in [4.69, 9.17) is 9.47 Å². The molecule has 2 rings (SSSR count). The van der Waals surface area contributed by atoms with Crippen molar-refractivity contribution in [1.29, 1.82) is 0 Å². The first kappa shape index (κ1) is 17.1. The van der Waals surface area contributed by atoms with Crippen molar-refractivity contribution in [3.8, 4) is 5.75 Å². The molecule has 1 saturated heterocycles. The van der Waals surface area contributed by atoms with Crippen LogP contribution in [0.2, 0.25) is 0 Å². The molecule has 4 nitrogen and oxygen atoms in total. The predicted octanol–water partition coefficient (Wildman–Crippen LogP) is 4.37. The van der Waals surface area contributed by atoms with E-state index in [0.29, 0.717) is 17.6 Å². The standard InChI is InChI=1S/C16H21BrFNO3/c1-16(2,3)22-15(20)19-8-4-5-12(10-19)21-14-7-6-11(17)9-13(14)18/h6-7,9,12H,4-5,8,10H2,1-3H3/t12-/m0/s1. The van der Waals surface area contributed by atoms with Crippen molar-refractivity contribution in [3.05, 3.63) is 28.5 Å². The highest BCUT2D eigenvalue weighted by Gasteiger charge is 2.28. The van der Waals surface area contributed by atoms with Gasteiger partial charge in [0.1, 0.15) is 11.7 Å². The normalized spacial score (nSPS) is 19.0. The van der Waals surface area contributed by atoms with Crippen LogP contribution in [0.3, 0.4) is 0 Å². The second kappa shape index (κ2) is 6.86. The fraction of sp³-hybridized carbons (Fsp3) is 0.562. The van der Waals surface area contributed by atoms with Crippen LogP contribution < -0.4 is 4.74 Å². The molecule has 0 radical (unpaired) electrons. The van der Waals surface area contributed by atoms with Gasteiger partial charge in [-0.2, -0.15) is 0 Å². The molecule has 0 saturated carbocycles. The number of amides is 1. The van der Waals surface area contributed by atoms with E-state index in [0.717, 1.165) is 12.8 Å². The van der Waals surface area contributed by atoms with Crippen LogP contribution in [0.4, 0.5) is 9.18 Å². The van der Waals surface area contributed by atoms with E-state index in [1.165, 1.54) is 6.07 Å². The molecule has 0 unspecified atom stereocenters. The van der Waals surface area contributed by atoms with E-state index in [9.17, 15) is 9.18 Å². The van der Waals surface area contributed by atoms with E-state index in [1.54, 1.807) is 17.0 Å². The Hall–Kier alpha value is -1.30. The molecule has 1 atom stereocenters. The molecule has 6 heteroatoms. The van der Waals surface area contributed by atoms with Crippen LogP contribution in [0.1, 0.15) is 33.6 Å². The molecule has 1 amide bonds. The quantitative estimate of drug-likeness (QED) is 0.772. The second-order valence-electron chi connectivity index (χ2n) is 6.38. The number of ether oxygens (including phenoxy) is 2. The number of likely N-dealkylation sites (tertiary alicyclic amines) is 1. The van der Waals surface area contributed by atoms with E-state index in [1.807, 2.05) is 20.8 Å². The van der Waals surface area contributed by atoms with Crippen LogP contribution in [0.5, 0.6) is 5.75 Å². The van der Waals surface area contributed by atoms with Crippen LogP contribution in [-0.4, -0.2) is 35.8 Å². The number of piperidine rings is 1. The second-order valence-corrected chi connectivity index (χ2v) is 7.30. The van der Waals surface area contributed by atoms with Crippen LogP contribution in [-0.2, 0) is 4.74 Å². The molecule has 0 aromatic heterocycles. The number of hydrogen-bond acceptors (Lipinski definition) is 3. The van der Waals surface area contributed by atoms with Gasteiger partial charge in [-0.25, -0.2) is 9.18 Å². The van der Waals surface area contributed by atoms with Crippen LogP contribution >= 0.6 is 15.9 Å². The molecule has 1 fully saturated rings. The Bertz CT molecular complexity index is 545. The van der Waals surface area contributed by atoms with Gasteiger partial charge >= 0.3 is 6.09 Å². The van der Waals surface area contributed by atoms with Gasteiger partial charge < -0.3 is 14.4 Å². The monoisotopic (exact) mass is 373 g/mol. The molecule has 22 heavy (non-hydrogen) atoms. The Labute approximate surface area is 138 Å². The minimum atomic E-state index is -0.525. The molecule has 0 N–H and O–H groups in total. The molecule has 1 aromatic carbocycles. The Morgan fingerprint density at radius 2 is 2.14 bits per heavy atom. The molecule has 0 spiro atoms. The third-order valence-electron chi connectivity index (χ3n) is 3.22. The number of hydrogen-bond donors (Lipinski definition) is 0. The van der Waals surface area contributed by atoms with E-state index < -0.39 is 11.4 Å². The van der Waals surface area contributed by atoms with Gasteiger partial charge in [0.2, 0.25) is 0 Å². The van der Waals surface area contributed by atoms with E-state index >= 15 is 0 Å². The summed E-state index contributed by atoms with van der Waals surface area (Å²) in [5, 5.41) is 0. The van der Waals surface area contributed by atoms with Gasteiger partial charge in [0.05, 0.1) is 6.54 Å². The molecule has 0 bridgehead atoms. The van der Waals surface area contributed by atoms with Gasteiger partial charge in [0, 0.05) is 11.0 Å². The lowest BCUT2D eigenvalue weighted by molar-refractivity contribution is 0.00736. The van der Waals surface area contributed by atoms with Crippen molar-refractivity contribution in [3.63, 3.8) is 0 Å². The molecule has 122 valence electrons. The Morgan fingerprint density at radius 3 is 2.77 bits per heavy atom. The lowest BCUT2D eigenvalue weighted by atomic mass is 10.1. The maximum Gasteiger partial charge on any atom is 0.410 e. The van der Waals surface area contributed by atoms with Crippen molar-refractivity contribution in [2.75, 3.05) is 13.1 Å². The average molecular weight is 374 g/mol. The summed E-state index contributed by atoms with van der Waals surface area (Å²) >= 11 is 3.21. The largest absolute Gasteiger partial charge is 0.486 e. The molecule has 1 aromatic rings. The number of benzene rings is 1. The number of carbonyl (C=O) groups excluding carboxylic acids is 1. The summed E-state index contributed by atoms with van der Waals surface area (Å²) in [6, 6.07) is 4.68. The highest BCUT2D eigenvalue weighted by atomic mass is 79.9. The van der Waals surface area contributed by atoms with Gasteiger partial charge in [-0.3, -0.25) is 0 Å². The summed E-state index contributed by atoms with van der Waals surface area (Å²) in [6.07, 6.45) is 1.02. The number of carbonyl (C=O) groups is 1. The number of halogens is 2. The molecule has 1 aliphatic heterocycles. The lowest BCUT2D eigenvalue weighted by Crippen LogP contribution is -2.46. The first-order chi connectivity index (χ1) is 10.2. The zero-order chi connectivity index (χ0) is 16.3.